The van der Waals surface area contributed by atoms with Crippen molar-refractivity contribution in [1.29, 1.82) is 5.41 Å². The molecule has 7 heteroatoms. The molecule has 0 aliphatic carbocycles. The lowest BCUT2D eigenvalue weighted by Crippen LogP contribution is -2.21. The Bertz CT molecular complexity index is 1540. The van der Waals surface area contributed by atoms with Crippen molar-refractivity contribution >= 4 is 50.6 Å². The van der Waals surface area contributed by atoms with E-state index >= 15 is 0 Å². The third-order valence-corrected chi connectivity index (χ3v) is 6.70. The van der Waals surface area contributed by atoms with Crippen LogP contribution in [0.15, 0.2) is 89.9 Å². The molecule has 1 atom stereocenters. The summed E-state index contributed by atoms with van der Waals surface area (Å²) in [7, 11) is 1.15. The number of carbonyl (C=O) groups excluding carboxylic acids is 1. The van der Waals surface area contributed by atoms with Crippen molar-refractivity contribution in [2.45, 2.75) is 31.9 Å². The van der Waals surface area contributed by atoms with Crippen LogP contribution in [0.2, 0.25) is 0 Å². The molecule has 4 aromatic carbocycles. The number of hydrogen-bond donors (Lipinski definition) is 2. The van der Waals surface area contributed by atoms with Crippen LogP contribution in [0.25, 0.3) is 27.1 Å². The Labute approximate surface area is 219 Å². The maximum absolute atomic E-state index is 13.7. The Morgan fingerprint density at radius 3 is 2.32 bits per heavy atom. The Hall–Kier alpha value is -4.26. The number of amides is 1. The number of nitrogens with zero attached hydrogens (tertiary/aromatic N) is 1. The maximum Gasteiger partial charge on any atom is 0.432 e. The van der Waals surface area contributed by atoms with E-state index in [-0.39, 0.29) is 5.92 Å². The van der Waals surface area contributed by atoms with Crippen LogP contribution in [0, 0.1) is 5.41 Å². The first-order valence-corrected chi connectivity index (χ1v) is 12.3. The van der Waals surface area contributed by atoms with Crippen molar-refractivity contribution in [3.63, 3.8) is 0 Å². The van der Waals surface area contributed by atoms with Gasteiger partial charge >= 0.3 is 6.18 Å². The van der Waals surface area contributed by atoms with Crippen LogP contribution in [-0.4, -0.2) is 31.1 Å². The van der Waals surface area contributed by atoms with Gasteiger partial charge in [0.1, 0.15) is 5.71 Å². The summed E-state index contributed by atoms with van der Waals surface area (Å²) in [6.45, 7) is 2.00. The molecule has 0 saturated carbocycles. The molecular formula is C31H28F3N3O. The van der Waals surface area contributed by atoms with Crippen molar-refractivity contribution in [3.8, 4) is 0 Å². The molecule has 0 aliphatic heterocycles. The minimum absolute atomic E-state index is 0.0626. The first kappa shape index (κ1) is 26.8. The van der Waals surface area contributed by atoms with Gasteiger partial charge in [0.25, 0.3) is 5.91 Å². The number of nitrogens with one attached hydrogen (secondary N) is 2. The van der Waals surface area contributed by atoms with Gasteiger partial charge in [-0.05, 0) is 81.3 Å². The van der Waals surface area contributed by atoms with E-state index in [2.05, 4.69) is 10.3 Å². The van der Waals surface area contributed by atoms with Crippen LogP contribution in [0.4, 0.5) is 18.9 Å². The standard InChI is InChI=1S/C31H28F3N3O/c1-3-20(21-10-13-26(14-11-21)37-30(38)19-35)16-25(18-29(36-2)31(32,33)34)23-12-15-28-24(17-23)9-8-22-6-4-5-7-27(22)28/h4-15,17-20,35H,3,16H2,1-2H3,(H,37,38)/b25-18+,35-19?,36-29?. The average Bonchev–Trinajstić information content (AvgIpc) is 2.92. The predicted octanol–water partition coefficient (Wildman–Crippen LogP) is 8.18. The molecule has 38 heavy (non-hydrogen) atoms. The first-order valence-electron chi connectivity index (χ1n) is 12.3. The van der Waals surface area contributed by atoms with Gasteiger partial charge in [-0.1, -0.05) is 67.6 Å². The number of rotatable bonds is 8. The molecular weight excluding hydrogens is 487 g/mol. The lowest BCUT2D eigenvalue weighted by molar-refractivity contribution is -0.110. The summed E-state index contributed by atoms with van der Waals surface area (Å²) < 4.78 is 41.2. The summed E-state index contributed by atoms with van der Waals surface area (Å²) in [5.74, 6) is -0.593. The van der Waals surface area contributed by atoms with Crippen molar-refractivity contribution in [1.82, 2.24) is 0 Å². The van der Waals surface area contributed by atoms with Gasteiger partial charge in [-0.3, -0.25) is 9.79 Å². The number of benzene rings is 4. The van der Waals surface area contributed by atoms with Gasteiger partial charge < -0.3 is 10.7 Å². The highest BCUT2D eigenvalue weighted by Gasteiger charge is 2.34. The molecule has 4 rings (SSSR count). The van der Waals surface area contributed by atoms with Crippen molar-refractivity contribution in [2.24, 2.45) is 4.99 Å². The molecule has 0 radical (unpaired) electrons. The fourth-order valence-corrected chi connectivity index (χ4v) is 4.69. The van der Waals surface area contributed by atoms with Crippen LogP contribution < -0.4 is 5.32 Å². The first-order chi connectivity index (χ1) is 18.2. The number of anilines is 1. The Balaban J connectivity index is 1.75. The highest BCUT2D eigenvalue weighted by Crippen LogP contribution is 2.35. The lowest BCUT2D eigenvalue weighted by atomic mass is 9.86. The third kappa shape index (κ3) is 5.99. The fourth-order valence-electron chi connectivity index (χ4n) is 4.69. The molecule has 0 saturated heterocycles. The number of allylic oxidation sites excluding steroid dienone is 2. The molecule has 194 valence electrons. The molecule has 0 fully saturated rings. The van der Waals surface area contributed by atoms with Crippen molar-refractivity contribution in [3.05, 3.63) is 96.1 Å². The van der Waals surface area contributed by atoms with E-state index in [0.717, 1.165) is 40.2 Å². The number of alkyl halides is 3. The van der Waals surface area contributed by atoms with Gasteiger partial charge in [-0.15, -0.1) is 0 Å². The maximum atomic E-state index is 13.7. The van der Waals surface area contributed by atoms with E-state index in [4.69, 9.17) is 5.41 Å². The monoisotopic (exact) mass is 515 g/mol. The van der Waals surface area contributed by atoms with Gasteiger partial charge in [-0.2, -0.15) is 13.2 Å². The molecule has 1 amide bonds. The quantitative estimate of drug-likeness (QED) is 0.180. The minimum atomic E-state index is -4.57. The summed E-state index contributed by atoms with van der Waals surface area (Å²) in [5.41, 5.74) is 1.83. The predicted molar refractivity (Wildman–Crippen MR) is 150 cm³/mol. The SMILES string of the molecule is CCC(C/C(=C\C(=NC)C(F)(F)F)c1ccc2c(ccc3ccccc32)c1)c1ccc(NC(=O)C=N)cc1. The number of fused-ring (bicyclic) bond motifs is 3. The van der Waals surface area contributed by atoms with Crippen LogP contribution in [-0.2, 0) is 4.79 Å². The van der Waals surface area contributed by atoms with E-state index < -0.39 is 17.8 Å². The second-order valence-electron chi connectivity index (χ2n) is 9.06. The van der Waals surface area contributed by atoms with Crippen LogP contribution in [0.3, 0.4) is 0 Å². The van der Waals surface area contributed by atoms with Crippen LogP contribution in [0.5, 0.6) is 0 Å². The van der Waals surface area contributed by atoms with Gasteiger partial charge in [0.15, 0.2) is 0 Å². The average molecular weight is 516 g/mol. The second kappa shape index (κ2) is 11.4. The van der Waals surface area contributed by atoms with E-state index in [9.17, 15) is 18.0 Å². The van der Waals surface area contributed by atoms with Gasteiger partial charge in [0, 0.05) is 12.7 Å². The molecule has 1 unspecified atom stereocenters. The fraction of sp³-hybridized carbons (Fsp3) is 0.194. The van der Waals surface area contributed by atoms with Crippen molar-refractivity contribution in [2.75, 3.05) is 12.4 Å². The van der Waals surface area contributed by atoms with Crippen LogP contribution >= 0.6 is 0 Å². The lowest BCUT2D eigenvalue weighted by Gasteiger charge is -2.20. The molecule has 0 aliphatic rings. The summed E-state index contributed by atoms with van der Waals surface area (Å²) in [5, 5.41) is 13.8. The zero-order valence-corrected chi connectivity index (χ0v) is 21.1. The summed E-state index contributed by atoms with van der Waals surface area (Å²) in [4.78, 5) is 15.0. The number of carbonyl (C=O) groups is 1. The summed E-state index contributed by atoms with van der Waals surface area (Å²) >= 11 is 0. The van der Waals surface area contributed by atoms with E-state index in [1.54, 1.807) is 12.1 Å². The summed E-state index contributed by atoms with van der Waals surface area (Å²) in [6, 6.07) is 25.0. The largest absolute Gasteiger partial charge is 0.432 e. The van der Waals surface area contributed by atoms with E-state index in [1.165, 1.54) is 0 Å². The second-order valence-corrected chi connectivity index (χ2v) is 9.06. The molecule has 0 bridgehead atoms. The van der Waals surface area contributed by atoms with Crippen LogP contribution in [0.1, 0.15) is 36.8 Å². The minimum Gasteiger partial charge on any atom is -0.321 e. The Morgan fingerprint density at radius 2 is 1.66 bits per heavy atom. The zero-order valence-electron chi connectivity index (χ0n) is 21.1. The number of aliphatic imine (C=N–C) groups is 1. The van der Waals surface area contributed by atoms with Gasteiger partial charge in [0.2, 0.25) is 0 Å². The number of hydrogen-bond acceptors (Lipinski definition) is 3. The van der Waals surface area contributed by atoms with E-state index in [1.807, 2.05) is 73.7 Å². The molecule has 0 spiro atoms. The molecule has 4 nitrogen and oxygen atoms in total. The third-order valence-electron chi connectivity index (χ3n) is 6.70. The van der Waals surface area contributed by atoms with Gasteiger partial charge in [-0.25, -0.2) is 0 Å². The smallest absolute Gasteiger partial charge is 0.321 e. The highest BCUT2D eigenvalue weighted by molar-refractivity contribution is 6.30. The molecule has 4 aromatic rings. The number of halogens is 3. The molecule has 0 heterocycles. The highest BCUT2D eigenvalue weighted by atomic mass is 19.4. The normalized spacial score (nSPS) is 13.5. The van der Waals surface area contributed by atoms with Gasteiger partial charge in [0.05, 0.1) is 6.21 Å². The van der Waals surface area contributed by atoms with Crippen molar-refractivity contribution < 1.29 is 18.0 Å². The topological polar surface area (TPSA) is 65.3 Å². The molecule has 2 N–H and O–H groups in total. The van der Waals surface area contributed by atoms with E-state index in [0.29, 0.717) is 35.9 Å². The Morgan fingerprint density at radius 1 is 0.974 bits per heavy atom. The summed E-state index contributed by atoms with van der Waals surface area (Å²) in [6.07, 6.45) is -1.64. The molecule has 0 aromatic heterocycles. The Kier molecular flexibility index (Phi) is 8.05. The zero-order chi connectivity index (χ0) is 27.3.